The van der Waals surface area contributed by atoms with Gasteiger partial charge in [-0.3, -0.25) is 9.79 Å². The Morgan fingerprint density at radius 2 is 1.97 bits per heavy atom. The molecule has 2 aromatic carbocycles. The minimum absolute atomic E-state index is 0.194. The fourth-order valence-corrected chi connectivity index (χ4v) is 4.50. The molecule has 158 valence electrons. The van der Waals surface area contributed by atoms with Gasteiger partial charge in [-0.15, -0.1) is 11.3 Å². The molecule has 1 aliphatic rings. The van der Waals surface area contributed by atoms with Crippen molar-refractivity contribution in [1.82, 2.24) is 10.6 Å². The van der Waals surface area contributed by atoms with Gasteiger partial charge in [0.05, 0.1) is 16.5 Å². The Kier molecular flexibility index (Phi) is 6.20. The lowest BCUT2D eigenvalue weighted by atomic mass is 9.94. The second-order valence-electron chi connectivity index (χ2n) is 7.29. The van der Waals surface area contributed by atoms with Crippen LogP contribution in [0, 0.1) is 5.82 Å². The van der Waals surface area contributed by atoms with Crippen LogP contribution in [0.5, 0.6) is 0 Å². The van der Waals surface area contributed by atoms with Gasteiger partial charge in [0.2, 0.25) is 0 Å². The first-order valence-corrected chi connectivity index (χ1v) is 11.1. The van der Waals surface area contributed by atoms with Gasteiger partial charge in [-0.2, -0.15) is 0 Å². The van der Waals surface area contributed by atoms with Crippen molar-refractivity contribution in [2.45, 2.75) is 25.9 Å². The highest BCUT2D eigenvalue weighted by Crippen LogP contribution is 2.36. The SMILES string of the molecule is CC1=C(C(=O)N[C@@H](C)c2ccccc2)[C@@H](c2ccc(F)cc2Cl)N=C(c2cccs2)N1. The molecule has 3 aromatic rings. The van der Waals surface area contributed by atoms with E-state index < -0.39 is 11.9 Å². The molecule has 0 bridgehead atoms. The van der Waals surface area contributed by atoms with E-state index in [1.807, 2.05) is 61.7 Å². The Hall–Kier alpha value is -2.96. The van der Waals surface area contributed by atoms with Crippen LogP contribution in [0.25, 0.3) is 0 Å². The summed E-state index contributed by atoms with van der Waals surface area (Å²) in [5.74, 6) is -0.0270. The van der Waals surface area contributed by atoms with Gasteiger partial charge in [0, 0.05) is 16.3 Å². The highest BCUT2D eigenvalue weighted by Gasteiger charge is 2.32. The molecule has 0 saturated carbocycles. The molecular formula is C24H21ClFN3OS. The summed E-state index contributed by atoms with van der Waals surface area (Å²) in [7, 11) is 0. The van der Waals surface area contributed by atoms with E-state index in [1.165, 1.54) is 12.1 Å². The Morgan fingerprint density at radius 3 is 2.65 bits per heavy atom. The summed E-state index contributed by atoms with van der Waals surface area (Å²) < 4.78 is 13.7. The molecule has 0 spiro atoms. The Labute approximate surface area is 189 Å². The third kappa shape index (κ3) is 4.55. The third-order valence-corrected chi connectivity index (χ3v) is 6.35. The van der Waals surface area contributed by atoms with Gasteiger partial charge in [-0.05, 0) is 43.0 Å². The van der Waals surface area contributed by atoms with Crippen molar-refractivity contribution in [2.24, 2.45) is 4.99 Å². The average Bonchev–Trinajstić information content (AvgIpc) is 3.28. The summed E-state index contributed by atoms with van der Waals surface area (Å²) in [6, 6.07) is 16.9. The van der Waals surface area contributed by atoms with Gasteiger partial charge in [-0.25, -0.2) is 4.39 Å². The highest BCUT2D eigenvalue weighted by atomic mass is 35.5. The fourth-order valence-electron chi connectivity index (χ4n) is 3.56. The number of rotatable bonds is 5. The molecule has 0 saturated heterocycles. The predicted molar refractivity (Wildman–Crippen MR) is 124 cm³/mol. The van der Waals surface area contributed by atoms with E-state index in [0.29, 0.717) is 22.7 Å². The standard InChI is InChI=1S/C24H21ClFN3OS/c1-14(16-7-4-3-5-8-16)28-24(30)21-15(2)27-23(20-9-6-12-31-20)29-22(21)18-11-10-17(26)13-19(18)25/h3-14,22H,1-2H3,(H,27,29)(H,28,30)/t14-,22+/m0/s1. The van der Waals surface area contributed by atoms with Crippen LogP contribution < -0.4 is 10.6 Å². The molecule has 2 heterocycles. The molecule has 0 aliphatic carbocycles. The minimum atomic E-state index is -0.658. The lowest BCUT2D eigenvalue weighted by Crippen LogP contribution is -2.37. The maximum atomic E-state index is 13.7. The van der Waals surface area contributed by atoms with Crippen LogP contribution >= 0.6 is 22.9 Å². The Bertz CT molecular complexity index is 1160. The smallest absolute Gasteiger partial charge is 0.251 e. The molecular weight excluding hydrogens is 433 g/mol. The normalized spacial score (nSPS) is 17.0. The largest absolute Gasteiger partial charge is 0.346 e. The molecule has 31 heavy (non-hydrogen) atoms. The maximum Gasteiger partial charge on any atom is 0.251 e. The lowest BCUT2D eigenvalue weighted by molar-refractivity contribution is -0.118. The van der Waals surface area contributed by atoms with Crippen molar-refractivity contribution in [1.29, 1.82) is 0 Å². The van der Waals surface area contributed by atoms with E-state index >= 15 is 0 Å². The summed E-state index contributed by atoms with van der Waals surface area (Å²) in [5.41, 5.74) is 2.71. The van der Waals surface area contributed by atoms with Crippen molar-refractivity contribution < 1.29 is 9.18 Å². The first-order valence-electron chi connectivity index (χ1n) is 9.84. The molecule has 2 atom stereocenters. The monoisotopic (exact) mass is 453 g/mol. The number of hydrogen-bond acceptors (Lipinski definition) is 4. The third-order valence-electron chi connectivity index (χ3n) is 5.14. The molecule has 0 unspecified atom stereocenters. The van der Waals surface area contributed by atoms with Gasteiger partial charge in [0.15, 0.2) is 0 Å². The summed E-state index contributed by atoms with van der Waals surface area (Å²) >= 11 is 7.92. The number of aliphatic imine (C=N–C) groups is 1. The maximum absolute atomic E-state index is 13.7. The highest BCUT2D eigenvalue weighted by molar-refractivity contribution is 7.12. The van der Waals surface area contributed by atoms with Crippen LogP contribution in [0.15, 0.2) is 82.3 Å². The summed E-state index contributed by atoms with van der Waals surface area (Å²) in [6.45, 7) is 3.77. The molecule has 1 aliphatic heterocycles. The van der Waals surface area contributed by atoms with E-state index in [2.05, 4.69) is 10.6 Å². The van der Waals surface area contributed by atoms with Crippen molar-refractivity contribution in [3.63, 3.8) is 0 Å². The number of amides is 1. The van der Waals surface area contributed by atoms with Crippen LogP contribution in [-0.2, 0) is 4.79 Å². The molecule has 4 nitrogen and oxygen atoms in total. The van der Waals surface area contributed by atoms with Gasteiger partial charge < -0.3 is 10.6 Å². The number of halogens is 2. The zero-order chi connectivity index (χ0) is 22.0. The molecule has 7 heteroatoms. The quantitative estimate of drug-likeness (QED) is 0.514. The molecule has 2 N–H and O–H groups in total. The predicted octanol–water partition coefficient (Wildman–Crippen LogP) is 5.78. The zero-order valence-corrected chi connectivity index (χ0v) is 18.6. The van der Waals surface area contributed by atoms with Crippen molar-refractivity contribution in [3.8, 4) is 0 Å². The van der Waals surface area contributed by atoms with Crippen molar-refractivity contribution in [2.75, 3.05) is 0 Å². The number of hydrogen-bond donors (Lipinski definition) is 2. The van der Waals surface area contributed by atoms with Gasteiger partial charge in [0.25, 0.3) is 5.91 Å². The minimum Gasteiger partial charge on any atom is -0.346 e. The number of amidine groups is 1. The number of carbonyl (C=O) groups excluding carboxylic acids is 1. The van der Waals surface area contributed by atoms with Crippen LogP contribution in [0.4, 0.5) is 4.39 Å². The number of nitrogens with zero attached hydrogens (tertiary/aromatic N) is 1. The molecule has 1 aromatic heterocycles. The second-order valence-corrected chi connectivity index (χ2v) is 8.65. The number of thiophene rings is 1. The molecule has 4 rings (SSSR count). The number of nitrogens with one attached hydrogen (secondary N) is 2. The molecule has 0 radical (unpaired) electrons. The number of benzene rings is 2. The van der Waals surface area contributed by atoms with E-state index in [-0.39, 0.29) is 17.0 Å². The van der Waals surface area contributed by atoms with Crippen LogP contribution in [0.3, 0.4) is 0 Å². The van der Waals surface area contributed by atoms with Crippen molar-refractivity contribution >= 4 is 34.7 Å². The second kappa shape index (κ2) is 9.04. The summed E-state index contributed by atoms with van der Waals surface area (Å²) in [5, 5.41) is 8.50. The van der Waals surface area contributed by atoms with E-state index in [9.17, 15) is 9.18 Å². The number of carbonyl (C=O) groups is 1. The molecule has 1 amide bonds. The van der Waals surface area contributed by atoms with Crippen molar-refractivity contribution in [3.05, 3.63) is 104 Å². The molecule has 0 fully saturated rings. The van der Waals surface area contributed by atoms with E-state index in [1.54, 1.807) is 17.4 Å². The van der Waals surface area contributed by atoms with Crippen LogP contribution in [-0.4, -0.2) is 11.7 Å². The Morgan fingerprint density at radius 1 is 1.19 bits per heavy atom. The number of allylic oxidation sites excluding steroid dienone is 1. The fraction of sp³-hybridized carbons (Fsp3) is 0.167. The first kappa shape index (κ1) is 21.3. The van der Waals surface area contributed by atoms with Gasteiger partial charge in [-0.1, -0.05) is 54.1 Å². The topological polar surface area (TPSA) is 53.5 Å². The van der Waals surface area contributed by atoms with Gasteiger partial charge in [0.1, 0.15) is 17.7 Å². The van der Waals surface area contributed by atoms with E-state index in [0.717, 1.165) is 10.4 Å². The van der Waals surface area contributed by atoms with Crippen LogP contribution in [0.2, 0.25) is 5.02 Å². The lowest BCUT2D eigenvalue weighted by Gasteiger charge is -2.28. The zero-order valence-electron chi connectivity index (χ0n) is 17.0. The first-order chi connectivity index (χ1) is 14.9. The average molecular weight is 454 g/mol. The van der Waals surface area contributed by atoms with Gasteiger partial charge >= 0.3 is 0 Å². The Balaban J connectivity index is 1.72. The summed E-state index contributed by atoms with van der Waals surface area (Å²) in [6.07, 6.45) is 0. The van der Waals surface area contributed by atoms with Crippen LogP contribution in [0.1, 0.15) is 41.9 Å². The van der Waals surface area contributed by atoms with E-state index in [4.69, 9.17) is 16.6 Å². The summed E-state index contributed by atoms with van der Waals surface area (Å²) in [4.78, 5) is 19.1.